The first-order valence-electron chi connectivity index (χ1n) is 5.45. The van der Waals surface area contributed by atoms with Crippen molar-refractivity contribution in [3.05, 3.63) is 58.7 Å². The van der Waals surface area contributed by atoms with Gasteiger partial charge in [0.15, 0.2) is 5.43 Å². The lowest BCUT2D eigenvalue weighted by atomic mass is 10.2. The summed E-state index contributed by atoms with van der Waals surface area (Å²) in [6.07, 6.45) is 3.47. The lowest BCUT2D eigenvalue weighted by Gasteiger charge is -2.04. The van der Waals surface area contributed by atoms with E-state index in [-0.39, 0.29) is 17.8 Å². The van der Waals surface area contributed by atoms with E-state index >= 15 is 0 Å². The molecule has 3 rings (SSSR count). The quantitative estimate of drug-likeness (QED) is 0.738. The average molecular weight is 242 g/mol. The van der Waals surface area contributed by atoms with Gasteiger partial charge in [0.05, 0.1) is 11.1 Å². The van der Waals surface area contributed by atoms with Crippen molar-refractivity contribution in [1.29, 1.82) is 0 Å². The smallest absolute Gasteiger partial charge is 0.193 e. The number of aliphatic hydroxyl groups excluding tert-OH is 1. The third-order valence-corrected chi connectivity index (χ3v) is 2.69. The molecule has 0 aliphatic rings. The van der Waals surface area contributed by atoms with Gasteiger partial charge in [-0.05, 0) is 18.2 Å². The number of fused-ring (bicyclic) bond motifs is 1. The minimum absolute atomic E-state index is 0.160. The molecule has 0 aliphatic heterocycles. The SMILES string of the molecule is O=c1cc(CO)oc2cc(-n3cccn3)ccc12. The Morgan fingerprint density at radius 1 is 1.33 bits per heavy atom. The van der Waals surface area contributed by atoms with E-state index < -0.39 is 0 Å². The van der Waals surface area contributed by atoms with Gasteiger partial charge in [0, 0.05) is 24.5 Å². The van der Waals surface area contributed by atoms with Crippen molar-refractivity contribution in [2.75, 3.05) is 0 Å². The fraction of sp³-hybridized carbons (Fsp3) is 0.0769. The van der Waals surface area contributed by atoms with E-state index in [4.69, 9.17) is 9.52 Å². The normalized spacial score (nSPS) is 10.9. The monoisotopic (exact) mass is 242 g/mol. The molecule has 0 radical (unpaired) electrons. The predicted molar refractivity (Wildman–Crippen MR) is 65.5 cm³/mol. The Hall–Kier alpha value is -2.40. The molecular formula is C13H10N2O3. The molecule has 1 aromatic carbocycles. The molecule has 3 aromatic rings. The summed E-state index contributed by atoms with van der Waals surface area (Å²) >= 11 is 0. The fourth-order valence-corrected chi connectivity index (χ4v) is 1.84. The molecule has 0 unspecified atom stereocenters. The maximum absolute atomic E-state index is 11.8. The van der Waals surface area contributed by atoms with E-state index in [0.717, 1.165) is 5.69 Å². The first-order chi connectivity index (χ1) is 8.78. The van der Waals surface area contributed by atoms with Gasteiger partial charge in [-0.15, -0.1) is 0 Å². The highest BCUT2D eigenvalue weighted by Crippen LogP contribution is 2.17. The van der Waals surface area contributed by atoms with Crippen molar-refractivity contribution in [3.63, 3.8) is 0 Å². The highest BCUT2D eigenvalue weighted by molar-refractivity contribution is 5.78. The van der Waals surface area contributed by atoms with E-state index in [1.165, 1.54) is 6.07 Å². The molecule has 2 aromatic heterocycles. The Balaban J connectivity index is 2.25. The molecule has 0 amide bonds. The maximum atomic E-state index is 11.8. The number of aliphatic hydroxyl groups is 1. The Morgan fingerprint density at radius 2 is 2.22 bits per heavy atom. The molecule has 5 nitrogen and oxygen atoms in total. The first-order valence-corrected chi connectivity index (χ1v) is 5.45. The van der Waals surface area contributed by atoms with E-state index in [1.54, 1.807) is 35.3 Å². The molecule has 1 N–H and O–H groups in total. The standard InChI is InChI=1S/C13H10N2O3/c16-8-10-7-12(17)11-3-2-9(6-13(11)18-10)15-5-1-4-14-15/h1-7,16H,8H2. The highest BCUT2D eigenvalue weighted by Gasteiger charge is 2.06. The molecule has 0 saturated heterocycles. The minimum atomic E-state index is -0.294. The Bertz CT molecular complexity index is 745. The van der Waals surface area contributed by atoms with Gasteiger partial charge in [0.25, 0.3) is 0 Å². The number of aromatic nitrogens is 2. The van der Waals surface area contributed by atoms with Gasteiger partial charge < -0.3 is 9.52 Å². The second kappa shape index (κ2) is 4.12. The zero-order valence-corrected chi connectivity index (χ0v) is 9.41. The summed E-state index contributed by atoms with van der Waals surface area (Å²) in [5, 5.41) is 13.6. The van der Waals surface area contributed by atoms with Gasteiger partial charge in [0.1, 0.15) is 18.0 Å². The third-order valence-electron chi connectivity index (χ3n) is 2.69. The third kappa shape index (κ3) is 1.70. The summed E-state index contributed by atoms with van der Waals surface area (Å²) in [5.74, 6) is 0.255. The van der Waals surface area contributed by atoms with Crippen LogP contribution in [-0.4, -0.2) is 14.9 Å². The zero-order valence-electron chi connectivity index (χ0n) is 9.41. The van der Waals surface area contributed by atoms with Crippen LogP contribution in [0.15, 0.2) is 51.9 Å². The van der Waals surface area contributed by atoms with E-state index in [1.807, 2.05) is 6.07 Å². The van der Waals surface area contributed by atoms with Gasteiger partial charge >= 0.3 is 0 Å². The number of hydrogen-bond acceptors (Lipinski definition) is 4. The second-order valence-corrected chi connectivity index (χ2v) is 3.87. The zero-order chi connectivity index (χ0) is 12.5. The number of rotatable bonds is 2. The van der Waals surface area contributed by atoms with Crippen LogP contribution < -0.4 is 5.43 Å². The van der Waals surface area contributed by atoms with Crippen molar-refractivity contribution in [2.45, 2.75) is 6.61 Å². The average Bonchev–Trinajstić information content (AvgIpc) is 2.91. The van der Waals surface area contributed by atoms with E-state index in [2.05, 4.69) is 5.10 Å². The largest absolute Gasteiger partial charge is 0.458 e. The molecule has 0 fully saturated rings. The van der Waals surface area contributed by atoms with Crippen LogP contribution in [0.1, 0.15) is 5.76 Å². The van der Waals surface area contributed by atoms with Crippen LogP contribution in [0.5, 0.6) is 0 Å². The van der Waals surface area contributed by atoms with Crippen molar-refractivity contribution in [3.8, 4) is 5.69 Å². The van der Waals surface area contributed by atoms with Crippen LogP contribution in [0.3, 0.4) is 0 Å². The van der Waals surface area contributed by atoms with Gasteiger partial charge in [-0.3, -0.25) is 4.79 Å². The van der Waals surface area contributed by atoms with Crippen molar-refractivity contribution in [1.82, 2.24) is 9.78 Å². The van der Waals surface area contributed by atoms with Crippen LogP contribution >= 0.6 is 0 Å². The van der Waals surface area contributed by atoms with Crippen LogP contribution in [0.25, 0.3) is 16.7 Å². The van der Waals surface area contributed by atoms with Crippen LogP contribution in [0.4, 0.5) is 0 Å². The Morgan fingerprint density at radius 3 is 2.94 bits per heavy atom. The number of nitrogens with zero attached hydrogens (tertiary/aromatic N) is 2. The molecule has 2 heterocycles. The predicted octanol–water partition coefficient (Wildman–Crippen LogP) is 1.47. The van der Waals surface area contributed by atoms with Crippen LogP contribution in [-0.2, 0) is 6.61 Å². The van der Waals surface area contributed by atoms with E-state index in [9.17, 15) is 4.79 Å². The van der Waals surface area contributed by atoms with Crippen molar-refractivity contribution in [2.24, 2.45) is 0 Å². The summed E-state index contributed by atoms with van der Waals surface area (Å²) in [6, 6.07) is 8.33. The van der Waals surface area contributed by atoms with Crippen LogP contribution in [0.2, 0.25) is 0 Å². The van der Waals surface area contributed by atoms with Gasteiger partial charge in [-0.2, -0.15) is 5.10 Å². The van der Waals surface area contributed by atoms with Crippen molar-refractivity contribution < 1.29 is 9.52 Å². The van der Waals surface area contributed by atoms with Gasteiger partial charge in [-0.25, -0.2) is 4.68 Å². The first kappa shape index (κ1) is 10.7. The Kier molecular flexibility index (Phi) is 2.46. The molecule has 5 heteroatoms. The van der Waals surface area contributed by atoms with Crippen molar-refractivity contribution >= 4 is 11.0 Å². The molecule has 0 spiro atoms. The second-order valence-electron chi connectivity index (χ2n) is 3.87. The molecule has 90 valence electrons. The summed E-state index contributed by atoms with van der Waals surface area (Å²) in [5.41, 5.74) is 1.08. The van der Waals surface area contributed by atoms with E-state index in [0.29, 0.717) is 11.0 Å². The topological polar surface area (TPSA) is 68.3 Å². The van der Waals surface area contributed by atoms with Crippen LogP contribution in [0, 0.1) is 0 Å². The summed E-state index contributed by atoms with van der Waals surface area (Å²) in [4.78, 5) is 11.8. The highest BCUT2D eigenvalue weighted by atomic mass is 16.4. The Labute approximate surface area is 102 Å². The molecule has 0 aliphatic carbocycles. The summed E-state index contributed by atoms with van der Waals surface area (Å²) < 4.78 is 7.11. The summed E-state index contributed by atoms with van der Waals surface area (Å²) in [6.45, 7) is -0.294. The molecular weight excluding hydrogens is 232 g/mol. The molecule has 18 heavy (non-hydrogen) atoms. The fourth-order valence-electron chi connectivity index (χ4n) is 1.84. The number of hydrogen-bond donors (Lipinski definition) is 1. The molecule has 0 saturated carbocycles. The van der Waals surface area contributed by atoms with Gasteiger partial charge in [-0.1, -0.05) is 0 Å². The maximum Gasteiger partial charge on any atom is 0.193 e. The lowest BCUT2D eigenvalue weighted by Crippen LogP contribution is -2.03. The number of benzene rings is 1. The summed E-state index contributed by atoms with van der Waals surface area (Å²) in [7, 11) is 0. The lowest BCUT2D eigenvalue weighted by molar-refractivity contribution is 0.249. The van der Waals surface area contributed by atoms with Gasteiger partial charge in [0.2, 0.25) is 0 Å². The molecule has 0 atom stereocenters. The molecule has 0 bridgehead atoms. The minimum Gasteiger partial charge on any atom is -0.458 e.